The molecule has 4 N–H and O–H groups in total. The molecule has 1 amide bonds. The summed E-state index contributed by atoms with van der Waals surface area (Å²) in [5.74, 6) is -1.37. The Bertz CT molecular complexity index is 991. The van der Waals surface area contributed by atoms with Crippen molar-refractivity contribution < 1.29 is 18.7 Å². The number of hydrogen-bond acceptors (Lipinski definition) is 4. The van der Waals surface area contributed by atoms with Crippen LogP contribution in [-0.2, 0) is 27.2 Å². The predicted octanol–water partition coefficient (Wildman–Crippen LogP) is 2.89. The summed E-state index contributed by atoms with van der Waals surface area (Å²) in [5.41, 5.74) is 8.70. The molecule has 0 aliphatic rings. The van der Waals surface area contributed by atoms with Crippen LogP contribution in [0.5, 0.6) is 0 Å². The molecule has 0 bridgehead atoms. The molecule has 3 aromatic rings. The lowest BCUT2D eigenvalue weighted by molar-refractivity contribution is -0.147. The molecular formula is C22H25ClFN3O3. The molecule has 2 aromatic carbocycles. The van der Waals surface area contributed by atoms with Crippen molar-refractivity contribution in [3.8, 4) is 0 Å². The predicted molar refractivity (Wildman–Crippen MR) is 116 cm³/mol. The number of esters is 1. The van der Waals surface area contributed by atoms with Gasteiger partial charge in [-0.2, -0.15) is 0 Å². The van der Waals surface area contributed by atoms with E-state index in [9.17, 15) is 14.0 Å². The van der Waals surface area contributed by atoms with Crippen LogP contribution >= 0.6 is 12.4 Å². The van der Waals surface area contributed by atoms with Crippen LogP contribution in [0, 0.1) is 5.82 Å². The number of amides is 1. The van der Waals surface area contributed by atoms with Crippen LogP contribution < -0.4 is 11.1 Å². The third kappa shape index (κ3) is 5.81. The summed E-state index contributed by atoms with van der Waals surface area (Å²) in [5, 5.41) is 3.69. The molecular weight excluding hydrogens is 409 g/mol. The van der Waals surface area contributed by atoms with Gasteiger partial charge in [-0.25, -0.2) is 9.18 Å². The van der Waals surface area contributed by atoms with Crippen molar-refractivity contribution in [1.29, 1.82) is 0 Å². The number of hydrogen-bond donors (Lipinski definition) is 3. The number of ether oxygens (including phenoxy) is 1. The number of aromatic amines is 1. The Labute approximate surface area is 180 Å². The van der Waals surface area contributed by atoms with E-state index in [1.807, 2.05) is 30.5 Å². The second-order valence-electron chi connectivity index (χ2n) is 6.81. The van der Waals surface area contributed by atoms with Crippen molar-refractivity contribution in [2.24, 2.45) is 5.73 Å². The molecule has 0 saturated heterocycles. The SMILES string of the molecule is CCOC(=O)C(Cc1ccc(F)cc1)NC(=O)C(N)Cc1c[nH]c2ccccc12.Cl. The van der Waals surface area contributed by atoms with Crippen LogP contribution in [0.1, 0.15) is 18.1 Å². The summed E-state index contributed by atoms with van der Waals surface area (Å²) in [6.45, 7) is 1.88. The Morgan fingerprint density at radius 3 is 2.53 bits per heavy atom. The number of benzene rings is 2. The number of nitrogens with one attached hydrogen (secondary N) is 2. The van der Waals surface area contributed by atoms with E-state index in [4.69, 9.17) is 10.5 Å². The van der Waals surface area contributed by atoms with E-state index in [1.165, 1.54) is 12.1 Å². The topological polar surface area (TPSA) is 97.2 Å². The fraction of sp³-hybridized carbons (Fsp3) is 0.273. The summed E-state index contributed by atoms with van der Waals surface area (Å²) < 4.78 is 18.2. The molecule has 0 fully saturated rings. The zero-order valence-electron chi connectivity index (χ0n) is 16.6. The van der Waals surface area contributed by atoms with Gasteiger partial charge in [-0.1, -0.05) is 30.3 Å². The maximum absolute atomic E-state index is 13.1. The highest BCUT2D eigenvalue weighted by Crippen LogP contribution is 2.19. The second kappa shape index (κ2) is 10.8. The number of para-hydroxylation sites is 1. The van der Waals surface area contributed by atoms with E-state index < -0.39 is 24.0 Å². The van der Waals surface area contributed by atoms with E-state index in [-0.39, 0.29) is 31.3 Å². The molecule has 6 nitrogen and oxygen atoms in total. The Balaban J connectivity index is 0.00000320. The summed E-state index contributed by atoms with van der Waals surface area (Å²) in [6, 6.07) is 11.8. The number of nitrogens with two attached hydrogens (primary N) is 1. The Hall–Kier alpha value is -2.90. The van der Waals surface area contributed by atoms with Gasteiger partial charge in [-0.05, 0) is 42.7 Å². The van der Waals surface area contributed by atoms with Gasteiger partial charge in [-0.15, -0.1) is 12.4 Å². The molecule has 0 spiro atoms. The fourth-order valence-corrected chi connectivity index (χ4v) is 3.20. The molecule has 8 heteroatoms. The first-order valence-corrected chi connectivity index (χ1v) is 9.50. The van der Waals surface area contributed by atoms with Gasteiger partial charge in [-0.3, -0.25) is 4.79 Å². The highest BCUT2D eigenvalue weighted by Gasteiger charge is 2.25. The van der Waals surface area contributed by atoms with Crippen molar-refractivity contribution in [3.05, 3.63) is 71.7 Å². The van der Waals surface area contributed by atoms with Gasteiger partial charge in [0.25, 0.3) is 0 Å². The summed E-state index contributed by atoms with van der Waals surface area (Å²) in [7, 11) is 0. The average molecular weight is 434 g/mol. The molecule has 1 aromatic heterocycles. The standard InChI is InChI=1S/C22H24FN3O3.ClH/c1-2-29-22(28)20(11-14-7-9-16(23)10-8-14)26-21(27)18(24)12-15-13-25-19-6-4-3-5-17(15)19;/h3-10,13,18,20,25H,2,11-12,24H2,1H3,(H,26,27);1H. The first-order valence-electron chi connectivity index (χ1n) is 9.50. The van der Waals surface area contributed by atoms with E-state index in [2.05, 4.69) is 10.3 Å². The minimum absolute atomic E-state index is 0. The van der Waals surface area contributed by atoms with Crippen LogP contribution in [-0.4, -0.2) is 35.6 Å². The maximum atomic E-state index is 13.1. The van der Waals surface area contributed by atoms with Crippen LogP contribution in [0.4, 0.5) is 4.39 Å². The van der Waals surface area contributed by atoms with Gasteiger partial charge in [0.1, 0.15) is 11.9 Å². The third-order valence-electron chi connectivity index (χ3n) is 4.69. The van der Waals surface area contributed by atoms with E-state index in [0.29, 0.717) is 12.0 Å². The molecule has 1 heterocycles. The number of halogens is 2. The molecule has 0 aliphatic heterocycles. The molecule has 0 saturated carbocycles. The van der Waals surface area contributed by atoms with Crippen LogP contribution in [0.15, 0.2) is 54.7 Å². The van der Waals surface area contributed by atoms with Crippen LogP contribution in [0.25, 0.3) is 10.9 Å². The highest BCUT2D eigenvalue weighted by molar-refractivity contribution is 5.89. The minimum Gasteiger partial charge on any atom is -0.464 e. The van der Waals surface area contributed by atoms with E-state index >= 15 is 0 Å². The smallest absolute Gasteiger partial charge is 0.328 e. The number of H-pyrrole nitrogens is 1. The summed E-state index contributed by atoms with van der Waals surface area (Å²) >= 11 is 0. The molecule has 30 heavy (non-hydrogen) atoms. The number of carbonyl (C=O) groups is 2. The van der Waals surface area contributed by atoms with Gasteiger partial charge >= 0.3 is 5.97 Å². The van der Waals surface area contributed by atoms with Crippen molar-refractivity contribution in [3.63, 3.8) is 0 Å². The number of fused-ring (bicyclic) bond motifs is 1. The molecule has 2 unspecified atom stereocenters. The van der Waals surface area contributed by atoms with Gasteiger partial charge in [0.15, 0.2) is 0 Å². The van der Waals surface area contributed by atoms with Gasteiger partial charge in [0.05, 0.1) is 12.6 Å². The number of carbonyl (C=O) groups excluding carboxylic acids is 2. The first-order chi connectivity index (χ1) is 14.0. The maximum Gasteiger partial charge on any atom is 0.328 e. The Morgan fingerprint density at radius 2 is 1.83 bits per heavy atom. The van der Waals surface area contributed by atoms with Crippen molar-refractivity contribution >= 4 is 35.2 Å². The largest absolute Gasteiger partial charge is 0.464 e. The van der Waals surface area contributed by atoms with E-state index in [1.54, 1.807) is 19.1 Å². The number of rotatable bonds is 8. The molecule has 0 radical (unpaired) electrons. The zero-order valence-corrected chi connectivity index (χ0v) is 17.4. The second-order valence-corrected chi connectivity index (χ2v) is 6.81. The minimum atomic E-state index is -0.901. The van der Waals surface area contributed by atoms with E-state index in [0.717, 1.165) is 16.5 Å². The Morgan fingerprint density at radius 1 is 1.13 bits per heavy atom. The van der Waals surface area contributed by atoms with Crippen LogP contribution in [0.2, 0.25) is 0 Å². The highest BCUT2D eigenvalue weighted by atomic mass is 35.5. The summed E-state index contributed by atoms with van der Waals surface area (Å²) in [6.07, 6.45) is 2.34. The first kappa shape index (κ1) is 23.4. The lowest BCUT2D eigenvalue weighted by Crippen LogP contribution is -2.50. The third-order valence-corrected chi connectivity index (χ3v) is 4.69. The lowest BCUT2D eigenvalue weighted by Gasteiger charge is -2.20. The lowest BCUT2D eigenvalue weighted by atomic mass is 10.0. The quantitative estimate of drug-likeness (QED) is 0.476. The molecule has 3 rings (SSSR count). The summed E-state index contributed by atoms with van der Waals surface area (Å²) in [4.78, 5) is 28.1. The van der Waals surface area contributed by atoms with Gasteiger partial charge < -0.3 is 20.8 Å². The zero-order chi connectivity index (χ0) is 20.8. The average Bonchev–Trinajstić information content (AvgIpc) is 3.12. The monoisotopic (exact) mass is 433 g/mol. The van der Waals surface area contributed by atoms with Crippen molar-refractivity contribution in [2.75, 3.05) is 6.61 Å². The normalized spacial score (nSPS) is 12.6. The fourth-order valence-electron chi connectivity index (χ4n) is 3.20. The van der Waals surface area contributed by atoms with Crippen molar-refractivity contribution in [1.82, 2.24) is 10.3 Å². The Kier molecular flexibility index (Phi) is 8.38. The van der Waals surface area contributed by atoms with Gasteiger partial charge in [0.2, 0.25) is 5.91 Å². The van der Waals surface area contributed by atoms with Gasteiger partial charge in [0, 0.05) is 23.5 Å². The van der Waals surface area contributed by atoms with Crippen molar-refractivity contribution in [2.45, 2.75) is 31.8 Å². The molecule has 160 valence electrons. The molecule has 2 atom stereocenters. The van der Waals surface area contributed by atoms with Crippen LogP contribution in [0.3, 0.4) is 0 Å². The number of aromatic nitrogens is 1. The molecule has 0 aliphatic carbocycles.